The van der Waals surface area contributed by atoms with E-state index in [-0.39, 0.29) is 16.4 Å². The van der Waals surface area contributed by atoms with Gasteiger partial charge in [0, 0.05) is 24.3 Å². The molecule has 0 saturated carbocycles. The maximum Gasteiger partial charge on any atom is 0.271 e. The number of benzene rings is 1. The van der Waals surface area contributed by atoms with Crippen molar-refractivity contribution in [1.82, 2.24) is 0 Å². The fraction of sp³-hybridized carbons (Fsp3) is 0. The van der Waals surface area contributed by atoms with Crippen molar-refractivity contribution in [3.63, 3.8) is 0 Å². The second-order valence-corrected chi connectivity index (χ2v) is 3.65. The quantitative estimate of drug-likeness (QED) is 0.456. The van der Waals surface area contributed by atoms with Gasteiger partial charge in [-0.15, -0.1) is 0 Å². The molecule has 0 fully saturated rings. The summed E-state index contributed by atoms with van der Waals surface area (Å²) in [5, 5.41) is 10.7. The molecule has 6 nitrogen and oxygen atoms in total. The molecule has 7 heteroatoms. The third-order valence-corrected chi connectivity index (χ3v) is 2.51. The molecule has 2 rings (SSSR count). The van der Waals surface area contributed by atoms with Gasteiger partial charge in [0.2, 0.25) is 0 Å². The van der Waals surface area contributed by atoms with Gasteiger partial charge in [-0.2, -0.15) is 0 Å². The van der Waals surface area contributed by atoms with Gasteiger partial charge < -0.3 is 0 Å². The van der Waals surface area contributed by atoms with Crippen molar-refractivity contribution in [2.75, 3.05) is 4.90 Å². The van der Waals surface area contributed by atoms with Crippen LogP contribution in [0.1, 0.15) is 0 Å². The monoisotopic (exact) mass is 252 g/mol. The van der Waals surface area contributed by atoms with Crippen LogP contribution in [0.4, 0.5) is 11.4 Å². The number of rotatable bonds is 2. The van der Waals surface area contributed by atoms with Gasteiger partial charge in [-0.1, -0.05) is 11.6 Å². The highest BCUT2D eigenvalue weighted by molar-refractivity contribution is 6.37. The second kappa shape index (κ2) is 3.99. The molecule has 1 aliphatic heterocycles. The molecular weight excluding hydrogens is 248 g/mol. The Morgan fingerprint density at radius 1 is 1.18 bits per heavy atom. The molecule has 17 heavy (non-hydrogen) atoms. The van der Waals surface area contributed by atoms with Crippen LogP contribution < -0.4 is 4.90 Å². The zero-order valence-corrected chi connectivity index (χ0v) is 9.05. The fourth-order valence-electron chi connectivity index (χ4n) is 1.42. The second-order valence-electron chi connectivity index (χ2n) is 3.24. The molecule has 0 saturated heterocycles. The Balaban J connectivity index is 2.51. The van der Waals surface area contributed by atoms with Crippen LogP contribution in [0.5, 0.6) is 0 Å². The Hall–Kier alpha value is -2.21. The van der Waals surface area contributed by atoms with Crippen molar-refractivity contribution in [3.05, 3.63) is 45.5 Å². The maximum atomic E-state index is 11.4. The molecule has 0 aliphatic carbocycles. The number of halogens is 1. The first kappa shape index (κ1) is 11.3. The molecule has 1 aromatic carbocycles. The zero-order valence-electron chi connectivity index (χ0n) is 8.29. The van der Waals surface area contributed by atoms with Crippen molar-refractivity contribution in [3.8, 4) is 0 Å². The number of non-ortho nitro benzene ring substituents is 1. The van der Waals surface area contributed by atoms with E-state index in [0.717, 1.165) is 23.1 Å². The molecule has 1 heterocycles. The Labute approximate surface area is 100 Å². The number of nitro benzene ring substituents is 1. The normalized spacial score (nSPS) is 14.5. The molecule has 0 aromatic heterocycles. The zero-order chi connectivity index (χ0) is 12.6. The number of nitrogens with zero attached hydrogens (tertiary/aromatic N) is 2. The van der Waals surface area contributed by atoms with Crippen LogP contribution in [-0.4, -0.2) is 16.7 Å². The van der Waals surface area contributed by atoms with E-state index >= 15 is 0 Å². The minimum Gasteiger partial charge on any atom is -0.269 e. The number of amides is 2. The summed E-state index contributed by atoms with van der Waals surface area (Å²) in [4.78, 5) is 33.6. The van der Waals surface area contributed by atoms with Crippen molar-refractivity contribution in [2.24, 2.45) is 0 Å². The Bertz CT molecular complexity index is 549. The third-order valence-electron chi connectivity index (χ3n) is 2.19. The van der Waals surface area contributed by atoms with Gasteiger partial charge in [0.1, 0.15) is 0 Å². The van der Waals surface area contributed by atoms with Crippen molar-refractivity contribution in [1.29, 1.82) is 0 Å². The number of carbonyl (C=O) groups excluding carboxylic acids is 2. The number of hydrogen-bond donors (Lipinski definition) is 0. The van der Waals surface area contributed by atoms with Crippen molar-refractivity contribution < 1.29 is 14.5 Å². The largest absolute Gasteiger partial charge is 0.271 e. The molecule has 0 radical (unpaired) electrons. The SMILES string of the molecule is O=C1C=CC(=O)N1c1cc([N+](=O)[O-])ccc1Cl. The van der Waals surface area contributed by atoms with Crippen LogP contribution in [0.3, 0.4) is 0 Å². The molecule has 0 atom stereocenters. The summed E-state index contributed by atoms with van der Waals surface area (Å²) in [6.07, 6.45) is 2.16. The van der Waals surface area contributed by atoms with E-state index in [1.165, 1.54) is 12.1 Å². The Morgan fingerprint density at radius 2 is 1.76 bits per heavy atom. The predicted molar refractivity (Wildman–Crippen MR) is 59.7 cm³/mol. The summed E-state index contributed by atoms with van der Waals surface area (Å²) >= 11 is 5.82. The summed E-state index contributed by atoms with van der Waals surface area (Å²) in [7, 11) is 0. The lowest BCUT2D eigenvalue weighted by molar-refractivity contribution is -0.384. The average Bonchev–Trinajstić information content (AvgIpc) is 2.59. The summed E-state index contributed by atoms with van der Waals surface area (Å²) in [5.41, 5.74) is -0.224. The van der Waals surface area contributed by atoms with Crippen LogP contribution in [0.25, 0.3) is 0 Å². The fourth-order valence-corrected chi connectivity index (χ4v) is 1.63. The summed E-state index contributed by atoms with van der Waals surface area (Å²) in [6, 6.07) is 3.56. The lowest BCUT2D eigenvalue weighted by Gasteiger charge is -2.14. The van der Waals surface area contributed by atoms with E-state index in [0.29, 0.717) is 0 Å². The molecule has 0 bridgehead atoms. The summed E-state index contributed by atoms with van der Waals surface area (Å²) < 4.78 is 0. The number of imide groups is 1. The molecule has 0 N–H and O–H groups in total. The van der Waals surface area contributed by atoms with E-state index < -0.39 is 16.7 Å². The van der Waals surface area contributed by atoms with Crippen LogP contribution in [0.2, 0.25) is 5.02 Å². The van der Waals surface area contributed by atoms with E-state index in [4.69, 9.17) is 11.6 Å². The lowest BCUT2D eigenvalue weighted by atomic mass is 10.2. The molecule has 2 amide bonds. The van der Waals surface area contributed by atoms with Crippen LogP contribution in [0.15, 0.2) is 30.4 Å². The smallest absolute Gasteiger partial charge is 0.269 e. The Kier molecular flexibility index (Phi) is 2.64. The molecule has 86 valence electrons. The predicted octanol–water partition coefficient (Wildman–Crippen LogP) is 1.68. The highest BCUT2D eigenvalue weighted by atomic mass is 35.5. The molecule has 0 spiro atoms. The highest BCUT2D eigenvalue weighted by Crippen LogP contribution is 2.31. The van der Waals surface area contributed by atoms with Crippen LogP contribution in [-0.2, 0) is 9.59 Å². The third kappa shape index (κ3) is 1.90. The van der Waals surface area contributed by atoms with Gasteiger partial charge in [0.05, 0.1) is 15.6 Å². The standard InChI is InChI=1S/C10H5ClN2O4/c11-7-2-1-6(13(16)17)5-8(7)12-9(14)3-4-10(12)15/h1-5H. The van der Waals surface area contributed by atoms with Crippen LogP contribution in [0, 0.1) is 10.1 Å². The average molecular weight is 253 g/mol. The van der Waals surface area contributed by atoms with Crippen molar-refractivity contribution >= 4 is 34.8 Å². The van der Waals surface area contributed by atoms with E-state index in [9.17, 15) is 19.7 Å². The number of anilines is 1. The molecule has 0 unspecified atom stereocenters. The lowest BCUT2D eigenvalue weighted by Crippen LogP contribution is -2.29. The Morgan fingerprint density at radius 3 is 2.29 bits per heavy atom. The van der Waals surface area contributed by atoms with Crippen molar-refractivity contribution in [2.45, 2.75) is 0 Å². The van der Waals surface area contributed by atoms with Crippen LogP contribution >= 0.6 is 11.6 Å². The first-order chi connectivity index (χ1) is 8.00. The first-order valence-corrected chi connectivity index (χ1v) is 4.88. The minimum atomic E-state index is -0.627. The molecule has 1 aromatic rings. The van der Waals surface area contributed by atoms with E-state index in [1.807, 2.05) is 0 Å². The molecule has 1 aliphatic rings. The van der Waals surface area contributed by atoms with Gasteiger partial charge in [0.15, 0.2) is 0 Å². The number of nitro groups is 1. The van der Waals surface area contributed by atoms with E-state index in [2.05, 4.69) is 0 Å². The summed E-state index contributed by atoms with van der Waals surface area (Å²) in [6.45, 7) is 0. The van der Waals surface area contributed by atoms with Gasteiger partial charge >= 0.3 is 0 Å². The van der Waals surface area contributed by atoms with Gasteiger partial charge in [0.25, 0.3) is 17.5 Å². The number of hydrogen-bond acceptors (Lipinski definition) is 4. The highest BCUT2D eigenvalue weighted by Gasteiger charge is 2.28. The maximum absolute atomic E-state index is 11.4. The summed E-state index contributed by atoms with van der Waals surface area (Å²) in [5.74, 6) is -1.14. The topological polar surface area (TPSA) is 80.5 Å². The van der Waals surface area contributed by atoms with Gasteiger partial charge in [-0.05, 0) is 6.07 Å². The molecular formula is C10H5ClN2O4. The number of carbonyl (C=O) groups is 2. The van der Waals surface area contributed by atoms with E-state index in [1.54, 1.807) is 0 Å². The van der Waals surface area contributed by atoms with Gasteiger partial charge in [-0.3, -0.25) is 19.7 Å². The van der Waals surface area contributed by atoms with Gasteiger partial charge in [-0.25, -0.2) is 4.90 Å². The minimum absolute atomic E-state index is 0.0147. The first-order valence-electron chi connectivity index (χ1n) is 4.51.